The maximum Gasteiger partial charge on any atom is 0.253 e. The molecule has 1 fully saturated rings. The lowest BCUT2D eigenvalue weighted by atomic mass is 10.2. The quantitative estimate of drug-likeness (QED) is 0.712. The zero-order chi connectivity index (χ0) is 10.7. The average molecular weight is 208 g/mol. The Kier molecular flexibility index (Phi) is 2.82. The number of amides is 1. The van der Waals surface area contributed by atoms with E-state index in [1.807, 2.05) is 0 Å². The number of H-pyrrole nitrogens is 1. The van der Waals surface area contributed by atoms with Crippen LogP contribution in [-0.2, 0) is 4.74 Å². The van der Waals surface area contributed by atoms with Crippen LogP contribution in [0.4, 0.5) is 0 Å². The van der Waals surface area contributed by atoms with E-state index in [9.17, 15) is 9.59 Å². The van der Waals surface area contributed by atoms with Gasteiger partial charge in [0.1, 0.15) is 0 Å². The Morgan fingerprint density at radius 2 is 2.40 bits per heavy atom. The number of rotatable bonds is 2. The van der Waals surface area contributed by atoms with E-state index in [4.69, 9.17) is 4.74 Å². The molecule has 0 radical (unpaired) electrons. The molecule has 2 N–H and O–H groups in total. The van der Waals surface area contributed by atoms with Crippen molar-refractivity contribution in [1.29, 1.82) is 0 Å². The van der Waals surface area contributed by atoms with E-state index in [0.29, 0.717) is 18.8 Å². The van der Waals surface area contributed by atoms with Gasteiger partial charge in [0.2, 0.25) is 5.56 Å². The molecule has 1 aromatic heterocycles. The lowest BCUT2D eigenvalue weighted by molar-refractivity contribution is 0.0929. The molecule has 1 aliphatic rings. The number of carbonyl (C=O) groups excluding carboxylic acids is 1. The predicted octanol–water partition coefficient (Wildman–Crippen LogP) is -0.106. The third-order valence-electron chi connectivity index (χ3n) is 2.31. The van der Waals surface area contributed by atoms with Gasteiger partial charge >= 0.3 is 0 Å². The molecule has 1 unspecified atom stereocenters. The maximum atomic E-state index is 11.6. The minimum absolute atomic E-state index is 0.0874. The van der Waals surface area contributed by atoms with E-state index in [1.165, 1.54) is 18.3 Å². The van der Waals surface area contributed by atoms with E-state index >= 15 is 0 Å². The first-order chi connectivity index (χ1) is 7.25. The number of carbonyl (C=O) groups is 1. The van der Waals surface area contributed by atoms with Crippen molar-refractivity contribution in [3.63, 3.8) is 0 Å². The number of hydrogen-bond donors (Lipinski definition) is 2. The molecule has 1 amide bonds. The van der Waals surface area contributed by atoms with Gasteiger partial charge in [0.05, 0.1) is 18.2 Å². The highest BCUT2D eigenvalue weighted by atomic mass is 16.5. The van der Waals surface area contributed by atoms with Crippen LogP contribution < -0.4 is 10.9 Å². The Balaban J connectivity index is 2.01. The monoisotopic (exact) mass is 208 g/mol. The fraction of sp³-hybridized carbons (Fsp3) is 0.400. The van der Waals surface area contributed by atoms with E-state index < -0.39 is 0 Å². The molecular formula is C10H12N2O3. The van der Waals surface area contributed by atoms with Gasteiger partial charge in [-0.05, 0) is 12.5 Å². The summed E-state index contributed by atoms with van der Waals surface area (Å²) in [6, 6.07) is 2.92. The van der Waals surface area contributed by atoms with Crippen LogP contribution in [0.5, 0.6) is 0 Å². The Morgan fingerprint density at radius 3 is 3.00 bits per heavy atom. The molecule has 0 saturated carbocycles. The largest absolute Gasteiger partial charge is 0.379 e. The maximum absolute atomic E-state index is 11.6. The van der Waals surface area contributed by atoms with Gasteiger partial charge in [0.15, 0.2) is 0 Å². The van der Waals surface area contributed by atoms with E-state index in [2.05, 4.69) is 10.3 Å². The summed E-state index contributed by atoms with van der Waals surface area (Å²) in [5, 5.41) is 2.83. The minimum Gasteiger partial charge on any atom is -0.379 e. The number of pyridine rings is 1. The fourth-order valence-corrected chi connectivity index (χ4v) is 1.47. The van der Waals surface area contributed by atoms with Crippen molar-refractivity contribution in [1.82, 2.24) is 10.3 Å². The highest BCUT2D eigenvalue weighted by molar-refractivity contribution is 5.94. The molecule has 15 heavy (non-hydrogen) atoms. The van der Waals surface area contributed by atoms with Gasteiger partial charge in [-0.3, -0.25) is 9.59 Å². The summed E-state index contributed by atoms with van der Waals surface area (Å²) in [7, 11) is 0. The number of ether oxygens (including phenoxy) is 1. The summed E-state index contributed by atoms with van der Waals surface area (Å²) in [5.74, 6) is -0.179. The third kappa shape index (κ3) is 2.44. The van der Waals surface area contributed by atoms with Crippen molar-refractivity contribution < 1.29 is 9.53 Å². The number of aromatic nitrogens is 1. The zero-order valence-corrected chi connectivity index (χ0v) is 8.16. The van der Waals surface area contributed by atoms with Crippen LogP contribution in [0.3, 0.4) is 0 Å². The second kappa shape index (κ2) is 4.27. The van der Waals surface area contributed by atoms with Gasteiger partial charge in [0.25, 0.3) is 5.91 Å². The molecule has 5 nitrogen and oxygen atoms in total. The first-order valence-corrected chi connectivity index (χ1v) is 4.83. The van der Waals surface area contributed by atoms with E-state index in [0.717, 1.165) is 6.42 Å². The smallest absolute Gasteiger partial charge is 0.253 e. The number of hydrogen-bond acceptors (Lipinski definition) is 3. The first kappa shape index (κ1) is 9.92. The van der Waals surface area contributed by atoms with Crippen LogP contribution in [0.15, 0.2) is 23.1 Å². The van der Waals surface area contributed by atoms with Crippen molar-refractivity contribution in [3.05, 3.63) is 34.2 Å². The van der Waals surface area contributed by atoms with Gasteiger partial charge in [0, 0.05) is 18.9 Å². The molecule has 1 aliphatic heterocycles. The second-order valence-corrected chi connectivity index (χ2v) is 3.48. The van der Waals surface area contributed by atoms with Gasteiger partial charge < -0.3 is 15.0 Å². The topological polar surface area (TPSA) is 71.2 Å². The van der Waals surface area contributed by atoms with E-state index in [-0.39, 0.29) is 17.5 Å². The highest BCUT2D eigenvalue weighted by Gasteiger charge is 2.18. The van der Waals surface area contributed by atoms with Crippen LogP contribution in [0.25, 0.3) is 0 Å². The van der Waals surface area contributed by atoms with Crippen molar-refractivity contribution in [2.45, 2.75) is 12.5 Å². The van der Waals surface area contributed by atoms with Gasteiger partial charge in [-0.25, -0.2) is 0 Å². The molecule has 0 bridgehead atoms. The molecular weight excluding hydrogens is 196 g/mol. The Labute approximate surface area is 86.5 Å². The van der Waals surface area contributed by atoms with Crippen molar-refractivity contribution in [2.75, 3.05) is 13.2 Å². The second-order valence-electron chi connectivity index (χ2n) is 3.48. The SMILES string of the molecule is O=C(NC1CCOC1)c1ccc(=O)[nH]c1. The van der Waals surface area contributed by atoms with Crippen LogP contribution >= 0.6 is 0 Å². The fourth-order valence-electron chi connectivity index (χ4n) is 1.47. The third-order valence-corrected chi connectivity index (χ3v) is 2.31. The van der Waals surface area contributed by atoms with Gasteiger partial charge in [-0.15, -0.1) is 0 Å². The van der Waals surface area contributed by atoms with Crippen LogP contribution in [0.1, 0.15) is 16.8 Å². The molecule has 1 aromatic rings. The molecule has 1 atom stereocenters. The van der Waals surface area contributed by atoms with Crippen LogP contribution in [0, 0.1) is 0 Å². The summed E-state index contributed by atoms with van der Waals surface area (Å²) in [6.45, 7) is 1.26. The molecule has 5 heteroatoms. The van der Waals surface area contributed by atoms with Crippen LogP contribution in [0.2, 0.25) is 0 Å². The molecule has 0 aromatic carbocycles. The Bertz CT molecular complexity index is 387. The zero-order valence-electron chi connectivity index (χ0n) is 8.16. The Morgan fingerprint density at radius 1 is 1.53 bits per heavy atom. The molecule has 2 heterocycles. The normalized spacial score (nSPS) is 20.1. The molecule has 80 valence electrons. The van der Waals surface area contributed by atoms with E-state index in [1.54, 1.807) is 0 Å². The Hall–Kier alpha value is -1.62. The van der Waals surface area contributed by atoms with Gasteiger partial charge in [-0.1, -0.05) is 0 Å². The summed E-state index contributed by atoms with van der Waals surface area (Å²) in [6.07, 6.45) is 2.25. The summed E-state index contributed by atoms with van der Waals surface area (Å²) in [4.78, 5) is 24.9. The molecule has 0 spiro atoms. The lowest BCUT2D eigenvalue weighted by Crippen LogP contribution is -2.35. The standard InChI is InChI=1S/C10H12N2O3/c13-9-2-1-7(5-11-9)10(14)12-8-3-4-15-6-8/h1-2,5,8H,3-4,6H2,(H,11,13)(H,12,14). The molecule has 2 rings (SSSR count). The van der Waals surface area contributed by atoms with Crippen LogP contribution in [-0.4, -0.2) is 30.1 Å². The summed E-state index contributed by atoms with van der Waals surface area (Å²) >= 11 is 0. The van der Waals surface area contributed by atoms with Crippen molar-refractivity contribution in [2.24, 2.45) is 0 Å². The summed E-state index contributed by atoms with van der Waals surface area (Å²) < 4.78 is 5.14. The lowest BCUT2D eigenvalue weighted by Gasteiger charge is -2.09. The number of aromatic amines is 1. The minimum atomic E-state index is -0.212. The molecule has 1 saturated heterocycles. The van der Waals surface area contributed by atoms with Crippen molar-refractivity contribution >= 4 is 5.91 Å². The molecule has 0 aliphatic carbocycles. The van der Waals surface area contributed by atoms with Gasteiger partial charge in [-0.2, -0.15) is 0 Å². The van der Waals surface area contributed by atoms with Crippen molar-refractivity contribution in [3.8, 4) is 0 Å². The average Bonchev–Trinajstić information content (AvgIpc) is 2.71. The first-order valence-electron chi connectivity index (χ1n) is 4.83. The number of nitrogens with one attached hydrogen (secondary N) is 2. The highest BCUT2D eigenvalue weighted by Crippen LogP contribution is 2.04. The predicted molar refractivity (Wildman–Crippen MR) is 53.8 cm³/mol. The summed E-state index contributed by atoms with van der Waals surface area (Å²) in [5.41, 5.74) is 0.247.